The van der Waals surface area contributed by atoms with Gasteiger partial charge < -0.3 is 9.97 Å². The van der Waals surface area contributed by atoms with Crippen LogP contribution in [0, 0.1) is 27.7 Å². The van der Waals surface area contributed by atoms with Gasteiger partial charge in [0, 0.05) is 11.5 Å². The third-order valence-electron chi connectivity index (χ3n) is 11.7. The Hall–Kier alpha value is -5.00. The minimum absolute atomic E-state index is 0. The highest BCUT2D eigenvalue weighted by Gasteiger charge is 2.52. The van der Waals surface area contributed by atoms with Crippen molar-refractivity contribution in [3.63, 3.8) is 0 Å². The summed E-state index contributed by atoms with van der Waals surface area (Å²) in [6.07, 6.45) is 2.41. The number of nitrogens with zero attached hydrogens (tertiary/aromatic N) is 2. The topological polar surface area (TPSA) is 57.4 Å². The molecule has 0 unspecified atom stereocenters. The van der Waals surface area contributed by atoms with Crippen LogP contribution in [0.3, 0.4) is 0 Å². The van der Waals surface area contributed by atoms with E-state index in [0.29, 0.717) is 0 Å². The largest absolute Gasteiger partial charge is 0.334 e. The Morgan fingerprint density at radius 2 is 0.727 bits per heavy atom. The summed E-state index contributed by atoms with van der Waals surface area (Å²) in [5, 5.41) is 9.98. The van der Waals surface area contributed by atoms with Crippen LogP contribution in [0.5, 0.6) is 0 Å². The smallest absolute Gasteiger partial charge is 0.219 e. The first kappa shape index (κ1) is 48.9. The van der Waals surface area contributed by atoms with E-state index in [1.165, 1.54) is 72.5 Å². The monoisotopic (exact) mass is 1000 g/mol. The van der Waals surface area contributed by atoms with Crippen molar-refractivity contribution in [3.8, 4) is 0 Å². The van der Waals surface area contributed by atoms with Crippen LogP contribution in [0.25, 0.3) is 0 Å². The van der Waals surface area contributed by atoms with Gasteiger partial charge in [-0.05, 0) is 112 Å². The van der Waals surface area contributed by atoms with Crippen LogP contribution in [0.15, 0.2) is 211 Å². The van der Waals surface area contributed by atoms with Crippen molar-refractivity contribution in [3.05, 3.63) is 228 Å². The van der Waals surface area contributed by atoms with Crippen LogP contribution >= 0.6 is 55.0 Å². The summed E-state index contributed by atoms with van der Waals surface area (Å²) in [6, 6.07) is 72.5. The highest BCUT2D eigenvalue weighted by atomic mass is 79.9. The number of nitrogens with one attached hydrogen (secondary N) is 2. The maximum absolute atomic E-state index is 5.31. The van der Waals surface area contributed by atoms with E-state index in [0.717, 1.165) is 32.9 Å². The molecular weight excluding hydrogens is 947 g/mol. The Morgan fingerprint density at radius 1 is 0.409 bits per heavy atom. The molecule has 0 fully saturated rings. The van der Waals surface area contributed by atoms with Gasteiger partial charge >= 0.3 is 0 Å². The van der Waals surface area contributed by atoms with Gasteiger partial charge in [-0.25, -0.2) is 0 Å². The van der Waals surface area contributed by atoms with E-state index < -0.39 is 14.5 Å². The molecule has 334 valence electrons. The number of hydrogen-bond acceptors (Lipinski definition) is 4. The molecular formula is C57H59BrN4P2S2+2. The lowest BCUT2D eigenvalue weighted by atomic mass is 10.2. The van der Waals surface area contributed by atoms with Crippen LogP contribution in [0.1, 0.15) is 47.8 Å². The summed E-state index contributed by atoms with van der Waals surface area (Å²) in [5.41, 5.74) is 8.49. The fourth-order valence-corrected chi connectivity index (χ4v) is 19.0. The van der Waals surface area contributed by atoms with E-state index in [9.17, 15) is 0 Å². The third kappa shape index (κ3) is 10.6. The molecule has 2 N–H and O–H groups in total. The maximum atomic E-state index is 5.31. The molecule has 0 atom stereocenters. The van der Waals surface area contributed by atoms with Crippen molar-refractivity contribution in [2.24, 2.45) is 0 Å². The number of aryl methyl sites for hydroxylation is 4. The fraction of sp³-hybridized carbons (Fsp3) is 0.158. The normalized spacial score (nSPS) is 11.3. The number of halogens is 1. The first-order valence-electron chi connectivity index (χ1n) is 22.4. The standard InChI is InChI=1S/C30H28N2PS.C27H30N2PS.BrH/c1-23-18-20-28(21-19-23)33(26-14-8-4-9-15-26,27-16-10-5-11-17-27)29-24(2)31-30(32-29)34-22-25-12-6-3-7-13-25;1-4-5-20-31-27-28-22(3)26(29-27)30(23-12-8-6-9-13-23,24-14-10-7-11-15-24)25-18-16-21(2)17-19-25;/h3-21H,22H2,1-2H3,(H,31,32);6-19H,4-5,20H2,1-3H3,(H,28,29);1H/q2*+1;. The van der Waals surface area contributed by atoms with Gasteiger partial charge in [0.05, 0.1) is 11.4 Å². The minimum atomic E-state index is -2.19. The first-order chi connectivity index (χ1) is 31.8. The van der Waals surface area contributed by atoms with Crippen molar-refractivity contribution in [1.82, 2.24) is 19.9 Å². The predicted octanol–water partition coefficient (Wildman–Crippen LogP) is 12.1. The lowest BCUT2D eigenvalue weighted by Crippen LogP contribution is -2.40. The molecule has 0 aliphatic heterocycles. The molecule has 9 heteroatoms. The van der Waals surface area contributed by atoms with Gasteiger partial charge in [-0.1, -0.05) is 175 Å². The fourth-order valence-electron chi connectivity index (χ4n) is 8.45. The van der Waals surface area contributed by atoms with E-state index in [-0.39, 0.29) is 17.0 Å². The first-order valence-corrected chi connectivity index (χ1v) is 28.0. The number of rotatable bonds is 15. The van der Waals surface area contributed by atoms with Gasteiger partial charge in [-0.15, -0.1) is 17.0 Å². The molecule has 2 aromatic heterocycles. The number of unbranched alkanes of at least 4 members (excludes halogenated alkanes) is 1. The van der Waals surface area contributed by atoms with Crippen LogP contribution < -0.4 is 42.7 Å². The second kappa shape index (κ2) is 23.1. The molecule has 0 amide bonds. The van der Waals surface area contributed by atoms with Crippen molar-refractivity contribution < 1.29 is 0 Å². The summed E-state index contributed by atoms with van der Waals surface area (Å²) in [5.74, 6) is 1.98. The molecule has 9 rings (SSSR count). The zero-order valence-corrected chi connectivity index (χ0v) is 43.5. The molecule has 0 radical (unpaired) electrons. The molecule has 0 aliphatic rings. The highest BCUT2D eigenvalue weighted by Crippen LogP contribution is 2.56. The van der Waals surface area contributed by atoms with Crippen LogP contribution in [0.2, 0.25) is 0 Å². The second-order valence-electron chi connectivity index (χ2n) is 16.3. The Labute approximate surface area is 412 Å². The van der Waals surface area contributed by atoms with Gasteiger partial charge in [0.15, 0.2) is 24.8 Å². The second-order valence-corrected chi connectivity index (χ2v) is 25.0. The molecule has 0 saturated heterocycles. The predicted molar refractivity (Wildman–Crippen MR) is 298 cm³/mol. The molecule has 9 aromatic rings. The molecule has 2 heterocycles. The summed E-state index contributed by atoms with van der Waals surface area (Å²) in [4.78, 5) is 17.8. The molecule has 66 heavy (non-hydrogen) atoms. The van der Waals surface area contributed by atoms with Gasteiger partial charge in [-0.2, -0.15) is 9.97 Å². The zero-order chi connectivity index (χ0) is 45.1. The van der Waals surface area contributed by atoms with E-state index in [4.69, 9.17) is 9.97 Å². The summed E-state index contributed by atoms with van der Waals surface area (Å²) >= 11 is 3.60. The SMILES string of the molecule is Br.CCCCSc1nc([P+](c2ccccc2)(c2ccccc2)c2ccc(C)cc2)c(C)[nH]1.Cc1ccc([P+](c2ccccc2)(c2ccccc2)c2nc(SCc3ccccc3)[nH]c2C)cc1. The van der Waals surface area contributed by atoms with Gasteiger partial charge in [0.2, 0.25) is 10.9 Å². The van der Waals surface area contributed by atoms with E-state index in [1.807, 2.05) is 11.8 Å². The highest BCUT2D eigenvalue weighted by molar-refractivity contribution is 8.93. The average Bonchev–Trinajstić information content (AvgIpc) is 3.92. The van der Waals surface area contributed by atoms with Crippen molar-refractivity contribution in [2.45, 2.75) is 63.5 Å². The number of thioether (sulfide) groups is 2. The number of aromatic nitrogens is 4. The molecule has 0 aliphatic carbocycles. The average molecular weight is 1010 g/mol. The van der Waals surface area contributed by atoms with E-state index >= 15 is 0 Å². The minimum Gasteiger partial charge on any atom is -0.334 e. The molecule has 0 saturated carbocycles. The Kier molecular flexibility index (Phi) is 17.2. The lowest BCUT2D eigenvalue weighted by molar-refractivity contribution is 0.892. The quantitative estimate of drug-likeness (QED) is 0.0610. The molecule has 0 spiro atoms. The molecule has 4 nitrogen and oxygen atoms in total. The zero-order valence-electron chi connectivity index (χ0n) is 38.4. The third-order valence-corrected chi connectivity index (χ3v) is 22.2. The van der Waals surface area contributed by atoms with E-state index in [1.54, 1.807) is 11.8 Å². The van der Waals surface area contributed by atoms with E-state index in [2.05, 4.69) is 245 Å². The number of imidazole rings is 2. The summed E-state index contributed by atoms with van der Waals surface area (Å²) in [7, 11) is -4.33. The number of aromatic amines is 2. The summed E-state index contributed by atoms with van der Waals surface area (Å²) < 4.78 is 0. The van der Waals surface area contributed by atoms with Crippen molar-refractivity contribution >= 4 is 97.7 Å². The maximum Gasteiger partial charge on any atom is 0.219 e. The van der Waals surface area contributed by atoms with Crippen molar-refractivity contribution in [1.29, 1.82) is 0 Å². The Balaban J connectivity index is 0.000000194. The van der Waals surface area contributed by atoms with Gasteiger partial charge in [0.1, 0.15) is 31.8 Å². The Morgan fingerprint density at radius 3 is 1.08 bits per heavy atom. The van der Waals surface area contributed by atoms with Crippen molar-refractivity contribution in [2.75, 3.05) is 5.75 Å². The number of hydrogen-bond donors (Lipinski definition) is 2. The van der Waals surface area contributed by atoms with Crippen LogP contribution in [-0.2, 0) is 5.75 Å². The molecule has 7 aromatic carbocycles. The number of H-pyrrole nitrogens is 2. The van der Waals surface area contributed by atoms with Crippen LogP contribution in [0.4, 0.5) is 0 Å². The Bertz CT molecular complexity index is 2780. The molecule has 0 bridgehead atoms. The summed E-state index contributed by atoms with van der Waals surface area (Å²) in [6.45, 7) is 10.9. The van der Waals surface area contributed by atoms with Gasteiger partial charge in [-0.3, -0.25) is 0 Å². The lowest BCUT2D eigenvalue weighted by Gasteiger charge is -2.26. The van der Waals surface area contributed by atoms with Gasteiger partial charge in [0.25, 0.3) is 0 Å². The number of benzene rings is 7. The van der Waals surface area contributed by atoms with Crippen LogP contribution in [-0.4, -0.2) is 25.7 Å².